The van der Waals surface area contributed by atoms with Gasteiger partial charge in [0.2, 0.25) is 0 Å². The van der Waals surface area contributed by atoms with Crippen molar-refractivity contribution in [1.82, 2.24) is 5.43 Å². The van der Waals surface area contributed by atoms with Gasteiger partial charge in [0.1, 0.15) is 5.60 Å². The minimum Gasteiger partial charge on any atom is -0.443 e. The van der Waals surface area contributed by atoms with E-state index in [1.165, 1.54) is 0 Å². The highest BCUT2D eigenvalue weighted by Crippen LogP contribution is 2.06. The van der Waals surface area contributed by atoms with E-state index in [1.807, 2.05) is 31.2 Å². The van der Waals surface area contributed by atoms with Crippen LogP contribution in [0.25, 0.3) is 0 Å². The second-order valence-electron chi connectivity index (χ2n) is 4.79. The van der Waals surface area contributed by atoms with Crippen LogP contribution in [0, 0.1) is 6.92 Å². The standard InChI is InChI=1S/C13H18N2O2/c1-10-6-5-7-11(8-10)9-14-15-12(16)17-13(2,3)4/h5-9H,1-4H3,(H,15,16)/b14-9-. The number of amides is 1. The number of benzene rings is 1. The fourth-order valence-corrected chi connectivity index (χ4v) is 1.21. The Hall–Kier alpha value is -1.84. The molecule has 1 aromatic rings. The van der Waals surface area contributed by atoms with E-state index in [0.717, 1.165) is 11.1 Å². The van der Waals surface area contributed by atoms with E-state index in [2.05, 4.69) is 10.5 Å². The summed E-state index contributed by atoms with van der Waals surface area (Å²) in [4.78, 5) is 11.3. The van der Waals surface area contributed by atoms with Gasteiger partial charge in [-0.25, -0.2) is 10.2 Å². The van der Waals surface area contributed by atoms with Crippen molar-refractivity contribution in [2.24, 2.45) is 5.10 Å². The second-order valence-corrected chi connectivity index (χ2v) is 4.79. The zero-order valence-electron chi connectivity index (χ0n) is 10.7. The SMILES string of the molecule is Cc1cccc(/C=N\NC(=O)OC(C)(C)C)c1. The van der Waals surface area contributed by atoms with Gasteiger partial charge in [-0.15, -0.1) is 0 Å². The third-order valence-electron chi connectivity index (χ3n) is 1.81. The van der Waals surface area contributed by atoms with Gasteiger partial charge in [-0.05, 0) is 33.3 Å². The Morgan fingerprint density at radius 3 is 2.71 bits per heavy atom. The van der Waals surface area contributed by atoms with Crippen LogP contribution in [-0.2, 0) is 4.74 Å². The summed E-state index contributed by atoms with van der Waals surface area (Å²) >= 11 is 0. The van der Waals surface area contributed by atoms with Gasteiger partial charge in [0.15, 0.2) is 0 Å². The molecule has 4 nitrogen and oxygen atoms in total. The predicted molar refractivity (Wildman–Crippen MR) is 68.1 cm³/mol. The van der Waals surface area contributed by atoms with E-state index in [1.54, 1.807) is 27.0 Å². The summed E-state index contributed by atoms with van der Waals surface area (Å²) in [6.45, 7) is 7.41. The maximum absolute atomic E-state index is 11.3. The Bertz CT molecular complexity index is 420. The first kappa shape index (κ1) is 13.2. The number of hydrogen-bond acceptors (Lipinski definition) is 3. The van der Waals surface area contributed by atoms with Crippen molar-refractivity contribution < 1.29 is 9.53 Å². The predicted octanol–water partition coefficient (Wildman–Crippen LogP) is 2.85. The molecule has 0 saturated heterocycles. The summed E-state index contributed by atoms with van der Waals surface area (Å²) in [6, 6.07) is 7.82. The van der Waals surface area contributed by atoms with Crippen LogP contribution in [0.15, 0.2) is 29.4 Å². The number of rotatable bonds is 2. The van der Waals surface area contributed by atoms with Gasteiger partial charge in [-0.2, -0.15) is 5.10 Å². The van der Waals surface area contributed by atoms with Crippen LogP contribution in [0.5, 0.6) is 0 Å². The van der Waals surface area contributed by atoms with E-state index in [-0.39, 0.29) is 0 Å². The number of ether oxygens (including phenoxy) is 1. The maximum Gasteiger partial charge on any atom is 0.428 e. The van der Waals surface area contributed by atoms with Crippen molar-refractivity contribution in [3.05, 3.63) is 35.4 Å². The number of nitrogens with zero attached hydrogens (tertiary/aromatic N) is 1. The van der Waals surface area contributed by atoms with E-state index >= 15 is 0 Å². The molecule has 92 valence electrons. The molecule has 17 heavy (non-hydrogen) atoms. The topological polar surface area (TPSA) is 50.7 Å². The van der Waals surface area contributed by atoms with Crippen LogP contribution in [-0.4, -0.2) is 17.9 Å². The molecule has 0 aliphatic carbocycles. The minimum atomic E-state index is -0.554. The van der Waals surface area contributed by atoms with Crippen LogP contribution < -0.4 is 5.43 Å². The quantitative estimate of drug-likeness (QED) is 0.632. The van der Waals surface area contributed by atoms with Gasteiger partial charge < -0.3 is 4.74 Å². The summed E-state index contributed by atoms with van der Waals surface area (Å²) < 4.78 is 5.04. The van der Waals surface area contributed by atoms with Crippen LogP contribution >= 0.6 is 0 Å². The summed E-state index contributed by atoms with van der Waals surface area (Å²) in [7, 11) is 0. The molecular formula is C13H18N2O2. The van der Waals surface area contributed by atoms with Crippen LogP contribution in [0.1, 0.15) is 31.9 Å². The van der Waals surface area contributed by atoms with Gasteiger partial charge >= 0.3 is 6.09 Å². The van der Waals surface area contributed by atoms with Crippen molar-refractivity contribution in [3.63, 3.8) is 0 Å². The lowest BCUT2D eigenvalue weighted by Crippen LogP contribution is -2.29. The second kappa shape index (κ2) is 5.48. The molecule has 1 aromatic carbocycles. The lowest BCUT2D eigenvalue weighted by Gasteiger charge is -2.18. The molecule has 0 fully saturated rings. The van der Waals surface area contributed by atoms with E-state index in [9.17, 15) is 4.79 Å². The third kappa shape index (κ3) is 5.70. The van der Waals surface area contributed by atoms with Crippen molar-refractivity contribution in [2.75, 3.05) is 0 Å². The normalized spacial score (nSPS) is 11.5. The number of hydrazone groups is 1. The van der Waals surface area contributed by atoms with E-state index < -0.39 is 11.7 Å². The fraction of sp³-hybridized carbons (Fsp3) is 0.385. The van der Waals surface area contributed by atoms with Gasteiger partial charge in [0, 0.05) is 0 Å². The molecule has 0 aromatic heterocycles. The molecule has 0 spiro atoms. The van der Waals surface area contributed by atoms with Crippen LogP contribution in [0.4, 0.5) is 4.79 Å². The monoisotopic (exact) mass is 234 g/mol. The van der Waals surface area contributed by atoms with E-state index in [4.69, 9.17) is 4.74 Å². The fourth-order valence-electron chi connectivity index (χ4n) is 1.21. The molecule has 0 atom stereocenters. The molecular weight excluding hydrogens is 216 g/mol. The number of aryl methyl sites for hydroxylation is 1. The first-order valence-corrected chi connectivity index (χ1v) is 5.45. The zero-order valence-corrected chi connectivity index (χ0v) is 10.7. The minimum absolute atomic E-state index is 0.511. The van der Waals surface area contributed by atoms with Gasteiger partial charge in [-0.1, -0.05) is 29.8 Å². The first-order chi connectivity index (χ1) is 7.87. The number of hydrogen-bond donors (Lipinski definition) is 1. The molecule has 0 aliphatic rings. The molecule has 1 N–H and O–H groups in total. The molecule has 0 aliphatic heterocycles. The summed E-state index contributed by atoms with van der Waals surface area (Å²) in [5.41, 5.74) is 3.88. The van der Waals surface area contributed by atoms with Gasteiger partial charge in [0.05, 0.1) is 6.21 Å². The Kier molecular flexibility index (Phi) is 4.26. The Balaban J connectivity index is 2.48. The lowest BCUT2D eigenvalue weighted by molar-refractivity contribution is 0.0529. The Morgan fingerprint density at radius 1 is 1.41 bits per heavy atom. The maximum atomic E-state index is 11.3. The van der Waals surface area contributed by atoms with Gasteiger partial charge in [-0.3, -0.25) is 0 Å². The van der Waals surface area contributed by atoms with Crippen molar-refractivity contribution in [2.45, 2.75) is 33.3 Å². The largest absolute Gasteiger partial charge is 0.443 e. The number of carbonyl (C=O) groups is 1. The van der Waals surface area contributed by atoms with Crippen LogP contribution in [0.3, 0.4) is 0 Å². The van der Waals surface area contributed by atoms with Crippen molar-refractivity contribution in [3.8, 4) is 0 Å². The third-order valence-corrected chi connectivity index (χ3v) is 1.81. The smallest absolute Gasteiger partial charge is 0.428 e. The summed E-state index contributed by atoms with van der Waals surface area (Å²) in [5, 5.41) is 3.82. The highest BCUT2D eigenvalue weighted by atomic mass is 16.6. The Morgan fingerprint density at radius 2 is 2.12 bits per heavy atom. The molecule has 0 radical (unpaired) electrons. The molecule has 1 rings (SSSR count). The van der Waals surface area contributed by atoms with Crippen LogP contribution in [0.2, 0.25) is 0 Å². The average Bonchev–Trinajstić information content (AvgIpc) is 2.14. The number of nitrogens with one attached hydrogen (secondary N) is 1. The lowest BCUT2D eigenvalue weighted by atomic mass is 10.2. The highest BCUT2D eigenvalue weighted by molar-refractivity contribution is 5.81. The zero-order chi connectivity index (χ0) is 12.9. The first-order valence-electron chi connectivity index (χ1n) is 5.45. The summed E-state index contributed by atoms with van der Waals surface area (Å²) in [5.74, 6) is 0. The Labute approximate surface area is 102 Å². The molecule has 0 unspecified atom stereocenters. The molecule has 4 heteroatoms. The average molecular weight is 234 g/mol. The van der Waals surface area contributed by atoms with Crippen molar-refractivity contribution >= 4 is 12.3 Å². The highest BCUT2D eigenvalue weighted by Gasteiger charge is 2.15. The molecule has 0 bridgehead atoms. The molecule has 0 saturated carbocycles. The molecule has 1 amide bonds. The van der Waals surface area contributed by atoms with E-state index in [0.29, 0.717) is 0 Å². The molecule has 0 heterocycles. The van der Waals surface area contributed by atoms with Gasteiger partial charge in [0.25, 0.3) is 0 Å². The summed E-state index contributed by atoms with van der Waals surface area (Å²) in [6.07, 6.45) is 1.03. The number of carbonyl (C=O) groups excluding carboxylic acids is 1. The van der Waals surface area contributed by atoms with Crippen molar-refractivity contribution in [1.29, 1.82) is 0 Å².